The van der Waals surface area contributed by atoms with Gasteiger partial charge in [-0.05, 0) is 35.9 Å². The molecular weight excluding hydrogens is 309 g/mol. The van der Waals surface area contributed by atoms with Crippen molar-refractivity contribution in [2.24, 2.45) is 0 Å². The number of carbonyl (C=O) groups excluding carboxylic acids is 1. The molecule has 21 heavy (non-hydrogen) atoms. The Morgan fingerprint density at radius 2 is 1.71 bits per heavy atom. The summed E-state index contributed by atoms with van der Waals surface area (Å²) in [5.41, 5.74) is 7.87. The Morgan fingerprint density at radius 3 is 2.29 bits per heavy atom. The van der Waals surface area contributed by atoms with E-state index in [1.165, 1.54) is 0 Å². The van der Waals surface area contributed by atoms with Gasteiger partial charge in [-0.25, -0.2) is 4.79 Å². The Hall–Kier alpha value is -1.91. The van der Waals surface area contributed by atoms with Crippen LogP contribution in [0.3, 0.4) is 0 Å². The zero-order valence-electron chi connectivity index (χ0n) is 11.4. The number of nitrogens with two attached hydrogens (primary N) is 1. The van der Waals surface area contributed by atoms with E-state index in [0.717, 1.165) is 5.56 Å². The van der Waals surface area contributed by atoms with Crippen molar-refractivity contribution < 1.29 is 4.79 Å². The van der Waals surface area contributed by atoms with Crippen LogP contribution in [0.15, 0.2) is 42.5 Å². The van der Waals surface area contributed by atoms with Crippen molar-refractivity contribution in [1.29, 1.82) is 0 Å². The molecule has 0 saturated heterocycles. The molecule has 0 aliphatic carbocycles. The lowest BCUT2D eigenvalue weighted by atomic mass is 10.2. The normalized spacial score (nSPS) is 10.2. The lowest BCUT2D eigenvalue weighted by Gasteiger charge is -2.18. The second kappa shape index (κ2) is 6.70. The van der Waals surface area contributed by atoms with E-state index in [0.29, 0.717) is 28.0 Å². The van der Waals surface area contributed by atoms with Crippen LogP contribution in [-0.4, -0.2) is 18.0 Å². The number of nitrogens with one attached hydrogen (secondary N) is 1. The second-order valence-corrected chi connectivity index (χ2v) is 5.56. The summed E-state index contributed by atoms with van der Waals surface area (Å²) in [4.78, 5) is 13.7. The Morgan fingerprint density at radius 1 is 1.14 bits per heavy atom. The van der Waals surface area contributed by atoms with Crippen molar-refractivity contribution in [3.63, 3.8) is 0 Å². The predicted molar refractivity (Wildman–Crippen MR) is 87.8 cm³/mol. The molecule has 0 atom stereocenters. The lowest BCUT2D eigenvalue weighted by molar-refractivity contribution is 0.220. The predicted octanol–water partition coefficient (Wildman–Crippen LogP) is 4.24. The first kappa shape index (κ1) is 15.5. The fourth-order valence-corrected chi connectivity index (χ4v) is 2.34. The van der Waals surface area contributed by atoms with Crippen molar-refractivity contribution in [3.8, 4) is 0 Å². The molecule has 0 fully saturated rings. The molecule has 0 heterocycles. The first-order chi connectivity index (χ1) is 9.94. The molecule has 0 bridgehead atoms. The van der Waals surface area contributed by atoms with Crippen LogP contribution in [0.25, 0.3) is 0 Å². The summed E-state index contributed by atoms with van der Waals surface area (Å²) in [7, 11) is 1.71. The Labute approximate surface area is 133 Å². The molecule has 0 aliphatic heterocycles. The molecule has 2 aromatic carbocycles. The molecule has 4 nitrogen and oxygen atoms in total. The van der Waals surface area contributed by atoms with Crippen LogP contribution < -0.4 is 11.1 Å². The Kier molecular flexibility index (Phi) is 4.94. The molecular formula is C15H15Cl2N3O. The summed E-state index contributed by atoms with van der Waals surface area (Å²) < 4.78 is 0. The quantitative estimate of drug-likeness (QED) is 0.830. The molecule has 0 aliphatic rings. The van der Waals surface area contributed by atoms with E-state index in [2.05, 4.69) is 5.32 Å². The van der Waals surface area contributed by atoms with Gasteiger partial charge in [-0.1, -0.05) is 35.3 Å². The van der Waals surface area contributed by atoms with E-state index in [1.807, 2.05) is 12.1 Å². The topological polar surface area (TPSA) is 58.4 Å². The number of carbonyl (C=O) groups is 1. The minimum Gasteiger partial charge on any atom is -0.399 e. The number of nitrogen functional groups attached to an aromatic ring is 1. The highest BCUT2D eigenvalue weighted by atomic mass is 35.5. The molecule has 2 amide bonds. The van der Waals surface area contributed by atoms with Gasteiger partial charge in [0.1, 0.15) is 0 Å². The van der Waals surface area contributed by atoms with Crippen LogP contribution in [0.4, 0.5) is 16.2 Å². The molecule has 110 valence electrons. The van der Waals surface area contributed by atoms with E-state index in [1.54, 1.807) is 42.3 Å². The van der Waals surface area contributed by atoms with E-state index < -0.39 is 0 Å². The van der Waals surface area contributed by atoms with E-state index >= 15 is 0 Å². The van der Waals surface area contributed by atoms with Crippen LogP contribution >= 0.6 is 23.2 Å². The number of nitrogens with zero attached hydrogens (tertiary/aromatic N) is 1. The van der Waals surface area contributed by atoms with Gasteiger partial charge in [-0.15, -0.1) is 0 Å². The second-order valence-electron chi connectivity index (χ2n) is 4.69. The fraction of sp³-hybridized carbons (Fsp3) is 0.133. The number of rotatable bonds is 3. The van der Waals surface area contributed by atoms with E-state index in [9.17, 15) is 4.79 Å². The highest BCUT2D eigenvalue weighted by Crippen LogP contribution is 2.22. The van der Waals surface area contributed by atoms with Gasteiger partial charge in [0, 0.05) is 35.0 Å². The number of anilines is 2. The number of urea groups is 1. The van der Waals surface area contributed by atoms with Gasteiger partial charge in [-0.3, -0.25) is 0 Å². The van der Waals surface area contributed by atoms with Crippen LogP contribution in [0, 0.1) is 0 Å². The van der Waals surface area contributed by atoms with Crippen molar-refractivity contribution in [2.45, 2.75) is 6.54 Å². The molecule has 6 heteroatoms. The summed E-state index contributed by atoms with van der Waals surface area (Å²) in [6, 6.07) is 12.0. The van der Waals surface area contributed by atoms with Gasteiger partial charge in [0.15, 0.2) is 0 Å². The first-order valence-corrected chi connectivity index (χ1v) is 7.02. The highest BCUT2D eigenvalue weighted by Gasteiger charge is 2.10. The lowest BCUT2D eigenvalue weighted by Crippen LogP contribution is -2.30. The van der Waals surface area contributed by atoms with Crippen molar-refractivity contribution >= 4 is 40.6 Å². The number of hydrogen-bond acceptors (Lipinski definition) is 2. The third-order valence-corrected chi connectivity index (χ3v) is 3.30. The summed E-state index contributed by atoms with van der Waals surface area (Å²) in [5, 5.41) is 3.69. The maximum Gasteiger partial charge on any atom is 0.321 e. The number of hydrogen-bond donors (Lipinski definition) is 2. The summed E-state index contributed by atoms with van der Waals surface area (Å²) in [6.45, 7) is 0.473. The highest BCUT2D eigenvalue weighted by molar-refractivity contribution is 6.35. The SMILES string of the molecule is CN(Cc1ccc(N)cc1)C(=O)Nc1cc(Cl)cc(Cl)c1. The molecule has 3 N–H and O–H groups in total. The van der Waals surface area contributed by atoms with Crippen molar-refractivity contribution in [3.05, 3.63) is 58.1 Å². The Balaban J connectivity index is 2.00. The van der Waals surface area contributed by atoms with Gasteiger partial charge in [0.05, 0.1) is 0 Å². The summed E-state index contributed by atoms with van der Waals surface area (Å²) in [6.07, 6.45) is 0. The fourth-order valence-electron chi connectivity index (χ4n) is 1.81. The maximum absolute atomic E-state index is 12.1. The minimum atomic E-state index is -0.245. The van der Waals surface area contributed by atoms with E-state index in [-0.39, 0.29) is 6.03 Å². The molecule has 0 spiro atoms. The molecule has 0 aromatic heterocycles. The molecule has 0 radical (unpaired) electrons. The standard InChI is InChI=1S/C15H15Cl2N3O/c1-20(9-10-2-4-13(18)5-3-10)15(21)19-14-7-11(16)6-12(17)8-14/h2-8H,9,18H2,1H3,(H,19,21). The molecule has 0 saturated carbocycles. The van der Waals surface area contributed by atoms with Gasteiger partial charge in [0.25, 0.3) is 0 Å². The maximum atomic E-state index is 12.1. The third-order valence-electron chi connectivity index (χ3n) is 2.86. The van der Waals surface area contributed by atoms with Gasteiger partial charge >= 0.3 is 6.03 Å². The zero-order chi connectivity index (χ0) is 15.4. The smallest absolute Gasteiger partial charge is 0.321 e. The van der Waals surface area contributed by atoms with Crippen LogP contribution in [0.5, 0.6) is 0 Å². The first-order valence-electron chi connectivity index (χ1n) is 6.26. The van der Waals surface area contributed by atoms with Gasteiger partial charge < -0.3 is 16.0 Å². The number of benzene rings is 2. The summed E-state index contributed by atoms with van der Waals surface area (Å²) >= 11 is 11.8. The minimum absolute atomic E-state index is 0.245. The van der Waals surface area contributed by atoms with Crippen molar-refractivity contribution in [2.75, 3.05) is 18.1 Å². The van der Waals surface area contributed by atoms with Crippen LogP contribution in [0.1, 0.15) is 5.56 Å². The third kappa shape index (κ3) is 4.55. The molecule has 0 unspecified atom stereocenters. The van der Waals surface area contributed by atoms with Crippen LogP contribution in [-0.2, 0) is 6.54 Å². The largest absolute Gasteiger partial charge is 0.399 e. The summed E-state index contributed by atoms with van der Waals surface area (Å²) in [5.74, 6) is 0. The molecule has 2 aromatic rings. The van der Waals surface area contributed by atoms with Crippen molar-refractivity contribution in [1.82, 2.24) is 4.90 Å². The monoisotopic (exact) mass is 323 g/mol. The van der Waals surface area contributed by atoms with Crippen LogP contribution in [0.2, 0.25) is 10.0 Å². The van der Waals surface area contributed by atoms with E-state index in [4.69, 9.17) is 28.9 Å². The average molecular weight is 324 g/mol. The molecule has 2 rings (SSSR count). The van der Waals surface area contributed by atoms with Gasteiger partial charge in [-0.2, -0.15) is 0 Å². The number of amides is 2. The Bertz CT molecular complexity index is 624. The average Bonchev–Trinajstić information content (AvgIpc) is 2.40. The zero-order valence-corrected chi connectivity index (χ0v) is 12.9. The number of halogens is 2. The van der Waals surface area contributed by atoms with Gasteiger partial charge in [0.2, 0.25) is 0 Å².